The molecule has 2 atom stereocenters. The highest BCUT2D eigenvalue weighted by atomic mass is 16.5. The number of rotatable bonds is 7. The van der Waals surface area contributed by atoms with E-state index in [-0.39, 0.29) is 42.5 Å². The molecule has 0 fully saturated rings. The standard InChI is InChI=1S/C23H27N3O4/c1-14(2)21(15-8-10-16(30-3)11-9-15)26-20(27)13-12-19-23(29)24-18-7-5-4-6-17(18)22(28)25-19/h4-11,14,19,21H,12-13H2,1-3H3,(H,24,29)(H,25,28)(H,26,27)/t19-,21+/m0/s1. The van der Waals surface area contributed by atoms with Crippen LogP contribution in [-0.2, 0) is 9.59 Å². The number of hydrogen-bond donors (Lipinski definition) is 3. The number of para-hydroxylation sites is 1. The molecule has 0 spiro atoms. The van der Waals surface area contributed by atoms with E-state index in [0.29, 0.717) is 11.3 Å². The maximum atomic E-state index is 12.6. The first-order chi connectivity index (χ1) is 14.4. The molecular formula is C23H27N3O4. The highest BCUT2D eigenvalue weighted by Gasteiger charge is 2.28. The summed E-state index contributed by atoms with van der Waals surface area (Å²) in [6.07, 6.45) is 0.332. The molecule has 0 aromatic heterocycles. The molecule has 1 aliphatic rings. The second-order valence-corrected chi connectivity index (χ2v) is 7.66. The minimum absolute atomic E-state index is 0.119. The number of carbonyl (C=O) groups excluding carboxylic acids is 3. The van der Waals surface area contributed by atoms with E-state index in [0.717, 1.165) is 11.3 Å². The lowest BCUT2D eigenvalue weighted by Gasteiger charge is -2.23. The molecule has 0 saturated heterocycles. The number of carbonyl (C=O) groups is 3. The quantitative estimate of drug-likeness (QED) is 0.655. The van der Waals surface area contributed by atoms with Crippen LogP contribution in [0.5, 0.6) is 5.75 Å². The molecule has 0 bridgehead atoms. The van der Waals surface area contributed by atoms with Gasteiger partial charge >= 0.3 is 0 Å². The van der Waals surface area contributed by atoms with Crippen LogP contribution in [-0.4, -0.2) is 30.9 Å². The van der Waals surface area contributed by atoms with Crippen molar-refractivity contribution >= 4 is 23.4 Å². The zero-order chi connectivity index (χ0) is 21.7. The Morgan fingerprint density at radius 3 is 2.47 bits per heavy atom. The molecule has 0 radical (unpaired) electrons. The Bertz CT molecular complexity index is 924. The second kappa shape index (κ2) is 9.43. The summed E-state index contributed by atoms with van der Waals surface area (Å²) < 4.78 is 5.19. The molecule has 158 valence electrons. The predicted octanol–water partition coefficient (Wildman–Crippen LogP) is 3.04. The molecule has 0 aliphatic carbocycles. The van der Waals surface area contributed by atoms with Gasteiger partial charge in [0.2, 0.25) is 11.8 Å². The minimum Gasteiger partial charge on any atom is -0.497 e. The summed E-state index contributed by atoms with van der Waals surface area (Å²) in [5.41, 5.74) is 1.87. The van der Waals surface area contributed by atoms with Crippen LogP contribution in [0.4, 0.5) is 5.69 Å². The lowest BCUT2D eigenvalue weighted by atomic mass is 9.95. The summed E-state index contributed by atoms with van der Waals surface area (Å²) in [6.45, 7) is 4.07. The van der Waals surface area contributed by atoms with Crippen LogP contribution in [0.1, 0.15) is 48.7 Å². The number of amides is 3. The van der Waals surface area contributed by atoms with Gasteiger partial charge in [0.15, 0.2) is 0 Å². The summed E-state index contributed by atoms with van der Waals surface area (Å²) in [6, 6.07) is 13.5. The lowest BCUT2D eigenvalue weighted by molar-refractivity contribution is -0.122. The van der Waals surface area contributed by atoms with E-state index in [1.54, 1.807) is 31.4 Å². The number of ether oxygens (including phenoxy) is 1. The van der Waals surface area contributed by atoms with Crippen LogP contribution in [0.3, 0.4) is 0 Å². The summed E-state index contributed by atoms with van der Waals surface area (Å²) in [5.74, 6) is 0.110. The van der Waals surface area contributed by atoms with Gasteiger partial charge in [0.05, 0.1) is 24.4 Å². The van der Waals surface area contributed by atoms with E-state index in [9.17, 15) is 14.4 Å². The summed E-state index contributed by atoms with van der Waals surface area (Å²) in [4.78, 5) is 37.5. The van der Waals surface area contributed by atoms with Crippen LogP contribution in [0.2, 0.25) is 0 Å². The van der Waals surface area contributed by atoms with Gasteiger partial charge in [-0.2, -0.15) is 0 Å². The Labute approximate surface area is 176 Å². The number of hydrogen-bond acceptors (Lipinski definition) is 4. The van der Waals surface area contributed by atoms with Crippen molar-refractivity contribution in [3.8, 4) is 5.75 Å². The van der Waals surface area contributed by atoms with Crippen molar-refractivity contribution in [3.63, 3.8) is 0 Å². The van der Waals surface area contributed by atoms with Crippen molar-refractivity contribution < 1.29 is 19.1 Å². The van der Waals surface area contributed by atoms with Gasteiger partial charge in [-0.05, 0) is 42.2 Å². The Hall–Kier alpha value is -3.35. The Morgan fingerprint density at radius 1 is 1.10 bits per heavy atom. The monoisotopic (exact) mass is 409 g/mol. The van der Waals surface area contributed by atoms with Crippen LogP contribution >= 0.6 is 0 Å². The smallest absolute Gasteiger partial charge is 0.254 e. The molecule has 7 heteroatoms. The molecule has 0 saturated carbocycles. The van der Waals surface area contributed by atoms with E-state index in [4.69, 9.17) is 4.74 Å². The van der Waals surface area contributed by atoms with E-state index in [1.165, 1.54) is 0 Å². The number of anilines is 1. The fraction of sp³-hybridized carbons (Fsp3) is 0.348. The van der Waals surface area contributed by atoms with Crippen molar-refractivity contribution in [1.29, 1.82) is 0 Å². The van der Waals surface area contributed by atoms with Crippen LogP contribution < -0.4 is 20.7 Å². The molecule has 3 N–H and O–H groups in total. The fourth-order valence-electron chi connectivity index (χ4n) is 3.48. The highest BCUT2D eigenvalue weighted by Crippen LogP contribution is 2.24. The molecule has 2 aromatic carbocycles. The van der Waals surface area contributed by atoms with Crippen molar-refractivity contribution in [1.82, 2.24) is 10.6 Å². The maximum Gasteiger partial charge on any atom is 0.254 e. The van der Waals surface area contributed by atoms with Gasteiger partial charge in [-0.1, -0.05) is 38.1 Å². The Balaban J connectivity index is 1.61. The zero-order valence-corrected chi connectivity index (χ0v) is 17.4. The van der Waals surface area contributed by atoms with Gasteiger partial charge in [-0.25, -0.2) is 0 Å². The van der Waals surface area contributed by atoms with Crippen LogP contribution in [0, 0.1) is 5.92 Å². The Kier molecular flexibility index (Phi) is 6.72. The first-order valence-corrected chi connectivity index (χ1v) is 10.0. The topological polar surface area (TPSA) is 96.5 Å². The molecule has 0 unspecified atom stereocenters. The Morgan fingerprint density at radius 2 is 1.80 bits per heavy atom. The van der Waals surface area contributed by atoms with Crippen LogP contribution in [0.25, 0.3) is 0 Å². The van der Waals surface area contributed by atoms with Gasteiger partial charge in [-0.15, -0.1) is 0 Å². The zero-order valence-electron chi connectivity index (χ0n) is 17.4. The van der Waals surface area contributed by atoms with Crippen molar-refractivity contribution in [3.05, 3.63) is 59.7 Å². The number of fused-ring (bicyclic) bond motifs is 1. The normalized spacial score (nSPS) is 16.7. The number of nitrogens with one attached hydrogen (secondary N) is 3. The average Bonchev–Trinajstić information content (AvgIpc) is 2.86. The van der Waals surface area contributed by atoms with E-state index in [2.05, 4.69) is 16.0 Å². The molecule has 2 aromatic rings. The van der Waals surface area contributed by atoms with Gasteiger partial charge in [-0.3, -0.25) is 14.4 Å². The third-order valence-electron chi connectivity index (χ3n) is 5.17. The fourth-order valence-corrected chi connectivity index (χ4v) is 3.48. The van der Waals surface area contributed by atoms with E-state index < -0.39 is 6.04 Å². The van der Waals surface area contributed by atoms with E-state index >= 15 is 0 Å². The third-order valence-corrected chi connectivity index (χ3v) is 5.17. The highest BCUT2D eigenvalue weighted by molar-refractivity contribution is 6.09. The van der Waals surface area contributed by atoms with Gasteiger partial charge < -0.3 is 20.7 Å². The van der Waals surface area contributed by atoms with E-state index in [1.807, 2.05) is 38.1 Å². The molecule has 30 heavy (non-hydrogen) atoms. The van der Waals surface area contributed by atoms with Crippen LogP contribution in [0.15, 0.2) is 48.5 Å². The first kappa shape index (κ1) is 21.4. The molecule has 1 aliphatic heterocycles. The third kappa shape index (κ3) is 4.97. The summed E-state index contributed by atoms with van der Waals surface area (Å²) in [5, 5.41) is 8.52. The lowest BCUT2D eigenvalue weighted by Crippen LogP contribution is -2.42. The van der Waals surface area contributed by atoms with Gasteiger partial charge in [0, 0.05) is 6.42 Å². The van der Waals surface area contributed by atoms with Crippen molar-refractivity contribution in [2.75, 3.05) is 12.4 Å². The second-order valence-electron chi connectivity index (χ2n) is 7.66. The molecular weight excluding hydrogens is 382 g/mol. The molecule has 3 rings (SSSR count). The van der Waals surface area contributed by atoms with Crippen molar-refractivity contribution in [2.24, 2.45) is 5.92 Å². The first-order valence-electron chi connectivity index (χ1n) is 10.0. The average molecular weight is 409 g/mol. The molecule has 1 heterocycles. The largest absolute Gasteiger partial charge is 0.497 e. The molecule has 7 nitrogen and oxygen atoms in total. The maximum absolute atomic E-state index is 12.6. The number of benzene rings is 2. The predicted molar refractivity (Wildman–Crippen MR) is 114 cm³/mol. The summed E-state index contributed by atoms with van der Waals surface area (Å²) in [7, 11) is 1.61. The minimum atomic E-state index is -0.769. The number of methoxy groups -OCH3 is 1. The summed E-state index contributed by atoms with van der Waals surface area (Å²) >= 11 is 0. The van der Waals surface area contributed by atoms with Gasteiger partial charge in [0.25, 0.3) is 5.91 Å². The van der Waals surface area contributed by atoms with Gasteiger partial charge in [0.1, 0.15) is 11.8 Å². The van der Waals surface area contributed by atoms with Crippen molar-refractivity contribution in [2.45, 2.75) is 38.8 Å². The SMILES string of the molecule is COc1ccc([C@H](NC(=O)CC[C@@H]2NC(=O)c3ccccc3NC2=O)C(C)C)cc1. The molecule has 3 amide bonds.